The van der Waals surface area contributed by atoms with Crippen molar-refractivity contribution in [2.24, 2.45) is 0 Å². The number of carbonyl (C=O) groups is 3. The number of hydrogen-bond donors (Lipinski definition) is 0. The maximum absolute atomic E-state index is 12.8. The minimum Gasteiger partial charge on any atom is -0.490 e. The minimum absolute atomic E-state index is 0.0563. The lowest BCUT2D eigenvalue weighted by Gasteiger charge is -2.11. The SMILES string of the molecule is C=COC(=O)c1ccc(C(=O)Oc2ccc3c(c2)C(C)c2cc(OCCOC(=O)C(=C)C)ccc2-3)cc1C. The maximum Gasteiger partial charge on any atom is 0.343 e. The fourth-order valence-corrected chi connectivity index (χ4v) is 4.35. The third-order valence-electron chi connectivity index (χ3n) is 6.29. The van der Waals surface area contributed by atoms with Gasteiger partial charge in [0.25, 0.3) is 0 Å². The molecule has 3 aromatic carbocycles. The Kier molecular flexibility index (Phi) is 7.76. The van der Waals surface area contributed by atoms with E-state index in [-0.39, 0.29) is 19.1 Å². The monoisotopic (exact) mass is 512 g/mol. The Bertz CT molecular complexity index is 1450. The first kappa shape index (κ1) is 26.4. The van der Waals surface area contributed by atoms with Crippen LogP contribution < -0.4 is 9.47 Å². The average molecular weight is 513 g/mol. The highest BCUT2D eigenvalue weighted by Crippen LogP contribution is 2.47. The summed E-state index contributed by atoms with van der Waals surface area (Å²) in [5, 5.41) is 0. The molecule has 38 heavy (non-hydrogen) atoms. The molecule has 1 atom stereocenters. The van der Waals surface area contributed by atoms with Gasteiger partial charge in [-0.05, 0) is 84.1 Å². The van der Waals surface area contributed by atoms with E-state index in [2.05, 4.69) is 20.1 Å². The number of esters is 3. The van der Waals surface area contributed by atoms with Crippen LogP contribution in [0.2, 0.25) is 0 Å². The summed E-state index contributed by atoms with van der Waals surface area (Å²) < 4.78 is 21.3. The van der Waals surface area contributed by atoms with Gasteiger partial charge in [-0.15, -0.1) is 0 Å². The zero-order chi connectivity index (χ0) is 27.4. The smallest absolute Gasteiger partial charge is 0.343 e. The molecule has 0 radical (unpaired) electrons. The van der Waals surface area contributed by atoms with Crippen LogP contribution in [-0.4, -0.2) is 31.1 Å². The van der Waals surface area contributed by atoms with Crippen LogP contribution in [0, 0.1) is 6.92 Å². The van der Waals surface area contributed by atoms with Crippen LogP contribution in [0.5, 0.6) is 11.5 Å². The number of benzene rings is 3. The van der Waals surface area contributed by atoms with Crippen molar-refractivity contribution in [2.45, 2.75) is 26.7 Å². The van der Waals surface area contributed by atoms with Gasteiger partial charge in [-0.2, -0.15) is 0 Å². The molecule has 7 nitrogen and oxygen atoms in total. The largest absolute Gasteiger partial charge is 0.490 e. The Balaban J connectivity index is 1.44. The third kappa shape index (κ3) is 5.52. The fraction of sp³-hybridized carbons (Fsp3) is 0.194. The van der Waals surface area contributed by atoms with E-state index in [0.29, 0.717) is 33.8 Å². The lowest BCUT2D eigenvalue weighted by Crippen LogP contribution is -2.12. The van der Waals surface area contributed by atoms with Gasteiger partial charge in [-0.3, -0.25) is 0 Å². The van der Waals surface area contributed by atoms with E-state index in [1.807, 2.05) is 30.3 Å². The number of carbonyl (C=O) groups excluding carboxylic acids is 3. The van der Waals surface area contributed by atoms with E-state index < -0.39 is 17.9 Å². The van der Waals surface area contributed by atoms with E-state index in [4.69, 9.17) is 18.9 Å². The van der Waals surface area contributed by atoms with Gasteiger partial charge in [-0.25, -0.2) is 14.4 Å². The summed E-state index contributed by atoms with van der Waals surface area (Å²) >= 11 is 0. The van der Waals surface area contributed by atoms with Crippen molar-refractivity contribution in [3.8, 4) is 22.6 Å². The van der Waals surface area contributed by atoms with E-state index in [1.54, 1.807) is 26.0 Å². The van der Waals surface area contributed by atoms with Crippen molar-refractivity contribution in [2.75, 3.05) is 13.2 Å². The van der Waals surface area contributed by atoms with Gasteiger partial charge in [0.15, 0.2) is 0 Å². The summed E-state index contributed by atoms with van der Waals surface area (Å²) in [4.78, 5) is 36.3. The highest BCUT2D eigenvalue weighted by atomic mass is 16.6. The molecule has 4 rings (SSSR count). The summed E-state index contributed by atoms with van der Waals surface area (Å²) in [7, 11) is 0. The summed E-state index contributed by atoms with van der Waals surface area (Å²) in [6.45, 7) is 12.7. The third-order valence-corrected chi connectivity index (χ3v) is 6.29. The van der Waals surface area contributed by atoms with E-state index in [1.165, 1.54) is 12.1 Å². The minimum atomic E-state index is -0.538. The molecule has 0 spiro atoms. The molecule has 0 aliphatic heterocycles. The van der Waals surface area contributed by atoms with Crippen molar-refractivity contribution in [3.63, 3.8) is 0 Å². The summed E-state index contributed by atoms with van der Waals surface area (Å²) in [6.07, 6.45) is 1.06. The van der Waals surface area contributed by atoms with E-state index in [0.717, 1.165) is 28.5 Å². The van der Waals surface area contributed by atoms with Gasteiger partial charge in [0.05, 0.1) is 17.4 Å². The highest BCUT2D eigenvalue weighted by molar-refractivity contribution is 5.95. The Morgan fingerprint density at radius 3 is 2.18 bits per heavy atom. The van der Waals surface area contributed by atoms with Crippen LogP contribution in [-0.2, 0) is 14.3 Å². The van der Waals surface area contributed by atoms with Gasteiger partial charge in [0.1, 0.15) is 24.7 Å². The highest BCUT2D eigenvalue weighted by Gasteiger charge is 2.27. The molecule has 1 unspecified atom stereocenters. The molecule has 0 saturated heterocycles. The van der Waals surface area contributed by atoms with Crippen LogP contribution in [0.3, 0.4) is 0 Å². The summed E-state index contributed by atoms with van der Waals surface area (Å²) in [6, 6.07) is 16.1. The molecular formula is C31H28O7. The number of hydrogen-bond acceptors (Lipinski definition) is 7. The molecule has 0 N–H and O–H groups in total. The van der Waals surface area contributed by atoms with Crippen LogP contribution in [0.1, 0.15) is 57.2 Å². The zero-order valence-electron chi connectivity index (χ0n) is 21.5. The van der Waals surface area contributed by atoms with Crippen molar-refractivity contribution < 1.29 is 33.3 Å². The van der Waals surface area contributed by atoms with Crippen LogP contribution in [0.4, 0.5) is 0 Å². The van der Waals surface area contributed by atoms with Crippen molar-refractivity contribution in [1.29, 1.82) is 0 Å². The topological polar surface area (TPSA) is 88.1 Å². The van der Waals surface area contributed by atoms with Gasteiger partial charge in [-0.1, -0.05) is 32.2 Å². The van der Waals surface area contributed by atoms with Crippen LogP contribution in [0.25, 0.3) is 11.1 Å². The number of rotatable bonds is 9. The average Bonchev–Trinajstić information content (AvgIpc) is 3.17. The number of aryl methyl sites for hydroxylation is 1. The summed E-state index contributed by atoms with van der Waals surface area (Å²) in [5.74, 6) is -0.342. The molecule has 0 heterocycles. The zero-order valence-corrected chi connectivity index (χ0v) is 21.5. The quantitative estimate of drug-likeness (QED) is 0.112. The van der Waals surface area contributed by atoms with Gasteiger partial charge >= 0.3 is 17.9 Å². The standard InChI is InChI=1S/C31H28O7/c1-6-35-31(34)24-10-7-21(15-19(24)4)30(33)38-23-9-12-26-25-11-8-22(16-27(25)20(5)28(26)17-23)36-13-14-37-29(32)18(2)3/h6-12,15-17,20H,1-2,13-14H2,3-5H3. The lowest BCUT2D eigenvalue weighted by molar-refractivity contribution is -0.139. The van der Waals surface area contributed by atoms with Crippen molar-refractivity contribution in [1.82, 2.24) is 0 Å². The summed E-state index contributed by atoms with van der Waals surface area (Å²) in [5.41, 5.74) is 5.90. The predicted octanol–water partition coefficient (Wildman–Crippen LogP) is 6.14. The van der Waals surface area contributed by atoms with Gasteiger partial charge < -0.3 is 18.9 Å². The molecule has 0 amide bonds. The Morgan fingerprint density at radius 1 is 0.895 bits per heavy atom. The molecule has 0 saturated carbocycles. The number of ether oxygens (including phenoxy) is 4. The second-order valence-electron chi connectivity index (χ2n) is 8.98. The van der Waals surface area contributed by atoms with Crippen LogP contribution in [0.15, 0.2) is 79.6 Å². The van der Waals surface area contributed by atoms with Crippen molar-refractivity contribution in [3.05, 3.63) is 107 Å². The number of fused-ring (bicyclic) bond motifs is 3. The molecular weight excluding hydrogens is 484 g/mol. The molecule has 1 aliphatic carbocycles. The maximum atomic E-state index is 12.8. The molecule has 0 bridgehead atoms. The molecule has 194 valence electrons. The normalized spacial score (nSPS) is 13.1. The molecule has 0 aromatic heterocycles. The van der Waals surface area contributed by atoms with Crippen LogP contribution >= 0.6 is 0 Å². The second-order valence-corrected chi connectivity index (χ2v) is 8.98. The second kappa shape index (κ2) is 11.2. The first-order chi connectivity index (χ1) is 18.2. The Morgan fingerprint density at radius 2 is 1.55 bits per heavy atom. The van der Waals surface area contributed by atoms with E-state index >= 15 is 0 Å². The van der Waals surface area contributed by atoms with E-state index in [9.17, 15) is 14.4 Å². The van der Waals surface area contributed by atoms with Gasteiger partial charge in [0, 0.05) is 11.5 Å². The molecule has 7 heteroatoms. The van der Waals surface area contributed by atoms with Crippen molar-refractivity contribution >= 4 is 17.9 Å². The Labute approximate surface area is 221 Å². The first-order valence-corrected chi connectivity index (χ1v) is 12.1. The molecule has 3 aromatic rings. The predicted molar refractivity (Wildman–Crippen MR) is 142 cm³/mol. The Hall–Kier alpha value is -4.65. The fourth-order valence-electron chi connectivity index (χ4n) is 4.35. The first-order valence-electron chi connectivity index (χ1n) is 12.1. The molecule has 0 fully saturated rings. The molecule has 1 aliphatic rings. The lowest BCUT2D eigenvalue weighted by atomic mass is 9.99. The van der Waals surface area contributed by atoms with Gasteiger partial charge in [0.2, 0.25) is 0 Å².